The third kappa shape index (κ3) is 3.34. The molecule has 0 aliphatic heterocycles. The molecule has 5 aromatic rings. The van der Waals surface area contributed by atoms with Gasteiger partial charge in [-0.05, 0) is 35.6 Å². The molecule has 0 saturated heterocycles. The van der Waals surface area contributed by atoms with E-state index in [1.807, 2.05) is 30.3 Å². The number of hydrogen-bond donors (Lipinski definition) is 0. The summed E-state index contributed by atoms with van der Waals surface area (Å²) >= 11 is 1.57. The van der Waals surface area contributed by atoms with Crippen LogP contribution in [0.2, 0.25) is 0 Å². The van der Waals surface area contributed by atoms with Crippen molar-refractivity contribution < 1.29 is 4.42 Å². The first-order valence-corrected chi connectivity index (χ1v) is 10.7. The largest absolute Gasteiger partial charge is 0.453 e. The maximum Gasteiger partial charge on any atom is 0.235 e. The van der Waals surface area contributed by atoms with E-state index in [1.54, 1.807) is 15.9 Å². The van der Waals surface area contributed by atoms with Gasteiger partial charge in [0.1, 0.15) is 10.6 Å². The van der Waals surface area contributed by atoms with E-state index in [0.717, 1.165) is 27.4 Å². The van der Waals surface area contributed by atoms with Gasteiger partial charge < -0.3 is 4.42 Å². The summed E-state index contributed by atoms with van der Waals surface area (Å²) in [4.78, 5) is 0.777. The van der Waals surface area contributed by atoms with Crippen LogP contribution in [0.15, 0.2) is 59.0 Å². The molecule has 2 aromatic carbocycles. The van der Waals surface area contributed by atoms with Crippen LogP contribution < -0.4 is 0 Å². The molecule has 3 heterocycles. The Labute approximate surface area is 173 Å². The van der Waals surface area contributed by atoms with Crippen LogP contribution in [0.3, 0.4) is 0 Å². The monoisotopic (exact) mass is 402 g/mol. The molecular formula is C23H22N4OS. The molecule has 0 aliphatic rings. The van der Waals surface area contributed by atoms with Gasteiger partial charge in [-0.2, -0.15) is 9.61 Å². The van der Waals surface area contributed by atoms with Crippen LogP contribution in [0.4, 0.5) is 0 Å². The topological polar surface area (TPSA) is 56.2 Å². The maximum absolute atomic E-state index is 5.96. The Morgan fingerprint density at radius 3 is 2.55 bits per heavy atom. The SMILES string of the molecule is CC(C)Cc1ccc(C(C)c2nn3c(-c4cc5ccccc5o4)nnc3s2)cc1. The van der Waals surface area contributed by atoms with Crippen LogP contribution in [-0.4, -0.2) is 19.8 Å². The highest BCUT2D eigenvalue weighted by molar-refractivity contribution is 7.16. The molecule has 6 heteroatoms. The molecule has 146 valence electrons. The normalized spacial score (nSPS) is 13.0. The molecule has 0 spiro atoms. The third-order valence-electron chi connectivity index (χ3n) is 5.15. The zero-order chi connectivity index (χ0) is 20.0. The van der Waals surface area contributed by atoms with Crippen molar-refractivity contribution >= 4 is 27.3 Å². The lowest BCUT2D eigenvalue weighted by molar-refractivity contribution is 0.621. The summed E-state index contributed by atoms with van der Waals surface area (Å²) < 4.78 is 7.75. The van der Waals surface area contributed by atoms with Crippen LogP contribution in [0.1, 0.15) is 42.8 Å². The Morgan fingerprint density at radius 2 is 1.79 bits per heavy atom. The van der Waals surface area contributed by atoms with Crippen LogP contribution in [0.25, 0.3) is 27.5 Å². The first-order chi connectivity index (χ1) is 14.1. The lowest BCUT2D eigenvalue weighted by Gasteiger charge is -2.10. The van der Waals surface area contributed by atoms with Crippen molar-refractivity contribution in [3.8, 4) is 11.6 Å². The van der Waals surface area contributed by atoms with E-state index in [1.165, 1.54) is 11.1 Å². The van der Waals surface area contributed by atoms with E-state index >= 15 is 0 Å². The molecule has 5 rings (SSSR count). The minimum atomic E-state index is 0.193. The first kappa shape index (κ1) is 18.1. The van der Waals surface area contributed by atoms with Crippen LogP contribution >= 0.6 is 11.3 Å². The lowest BCUT2D eigenvalue weighted by atomic mass is 9.97. The molecule has 0 bridgehead atoms. The van der Waals surface area contributed by atoms with Crippen molar-refractivity contribution in [1.29, 1.82) is 0 Å². The van der Waals surface area contributed by atoms with E-state index in [4.69, 9.17) is 9.52 Å². The van der Waals surface area contributed by atoms with Gasteiger partial charge in [0.15, 0.2) is 5.76 Å². The number of fused-ring (bicyclic) bond motifs is 2. The minimum Gasteiger partial charge on any atom is -0.453 e. The zero-order valence-corrected chi connectivity index (χ0v) is 17.5. The molecule has 0 radical (unpaired) electrons. The van der Waals surface area contributed by atoms with E-state index in [-0.39, 0.29) is 5.92 Å². The van der Waals surface area contributed by atoms with Crippen molar-refractivity contribution in [3.63, 3.8) is 0 Å². The molecule has 5 nitrogen and oxygen atoms in total. The van der Waals surface area contributed by atoms with E-state index in [9.17, 15) is 0 Å². The average molecular weight is 403 g/mol. The molecule has 0 N–H and O–H groups in total. The van der Waals surface area contributed by atoms with Gasteiger partial charge in [-0.3, -0.25) is 0 Å². The Kier molecular flexibility index (Phi) is 4.43. The molecule has 0 saturated carbocycles. The van der Waals surface area contributed by atoms with E-state index in [0.29, 0.717) is 17.5 Å². The molecule has 0 fully saturated rings. The van der Waals surface area contributed by atoms with Gasteiger partial charge in [-0.1, -0.05) is 74.6 Å². The van der Waals surface area contributed by atoms with Gasteiger partial charge in [0.25, 0.3) is 0 Å². The smallest absolute Gasteiger partial charge is 0.235 e. The van der Waals surface area contributed by atoms with Crippen molar-refractivity contribution in [2.24, 2.45) is 5.92 Å². The van der Waals surface area contributed by atoms with Crippen LogP contribution in [-0.2, 0) is 6.42 Å². The van der Waals surface area contributed by atoms with Gasteiger partial charge >= 0.3 is 0 Å². The number of nitrogens with zero attached hydrogens (tertiary/aromatic N) is 4. The number of furan rings is 1. The summed E-state index contributed by atoms with van der Waals surface area (Å²) in [6.07, 6.45) is 1.10. The van der Waals surface area contributed by atoms with Crippen LogP contribution in [0.5, 0.6) is 0 Å². The molecule has 1 unspecified atom stereocenters. The molecule has 0 aliphatic carbocycles. The lowest BCUT2D eigenvalue weighted by Crippen LogP contribution is -1.99. The highest BCUT2D eigenvalue weighted by Gasteiger charge is 2.20. The second-order valence-corrected chi connectivity index (χ2v) is 8.86. The first-order valence-electron chi connectivity index (χ1n) is 9.88. The van der Waals surface area contributed by atoms with Crippen LogP contribution in [0, 0.1) is 5.92 Å². The quantitative estimate of drug-likeness (QED) is 0.364. The highest BCUT2D eigenvalue weighted by atomic mass is 32.1. The third-order valence-corrected chi connectivity index (χ3v) is 6.23. The minimum absolute atomic E-state index is 0.193. The fourth-order valence-electron chi connectivity index (χ4n) is 3.61. The second-order valence-electron chi connectivity index (χ2n) is 7.87. The van der Waals surface area contributed by atoms with Gasteiger partial charge in [0, 0.05) is 11.3 Å². The molecule has 0 amide bonds. The fraction of sp³-hybridized carbons (Fsp3) is 0.261. The number of para-hydroxylation sites is 1. The summed E-state index contributed by atoms with van der Waals surface area (Å²) in [6, 6.07) is 18.8. The number of hydrogen-bond acceptors (Lipinski definition) is 5. The Bertz CT molecular complexity index is 1250. The summed E-state index contributed by atoms with van der Waals surface area (Å²) in [5.74, 6) is 2.17. The number of benzene rings is 2. The van der Waals surface area contributed by atoms with E-state index < -0.39 is 0 Å². The number of aromatic nitrogens is 4. The summed E-state index contributed by atoms with van der Waals surface area (Å²) in [6.45, 7) is 6.68. The Hall–Kier alpha value is -2.99. The van der Waals surface area contributed by atoms with Crippen molar-refractivity contribution in [2.45, 2.75) is 33.1 Å². The number of rotatable bonds is 5. The van der Waals surface area contributed by atoms with Crippen molar-refractivity contribution in [3.05, 3.63) is 70.7 Å². The Balaban J connectivity index is 1.47. The highest BCUT2D eigenvalue weighted by Crippen LogP contribution is 2.32. The molecular weight excluding hydrogens is 380 g/mol. The molecule has 3 aromatic heterocycles. The molecule has 1 atom stereocenters. The van der Waals surface area contributed by atoms with Gasteiger partial charge in [-0.25, -0.2) is 0 Å². The maximum atomic E-state index is 5.96. The van der Waals surface area contributed by atoms with Gasteiger partial charge in [-0.15, -0.1) is 10.2 Å². The van der Waals surface area contributed by atoms with Gasteiger partial charge in [0.2, 0.25) is 10.8 Å². The summed E-state index contributed by atoms with van der Waals surface area (Å²) in [7, 11) is 0. The standard InChI is InChI=1S/C23H22N4OS/c1-14(2)12-16-8-10-17(11-9-16)15(3)22-26-27-21(24-25-23(27)29-22)20-13-18-6-4-5-7-19(18)28-20/h4-11,13-15H,12H2,1-3H3. The zero-order valence-electron chi connectivity index (χ0n) is 16.7. The molecule has 29 heavy (non-hydrogen) atoms. The van der Waals surface area contributed by atoms with Crippen molar-refractivity contribution in [2.75, 3.05) is 0 Å². The predicted molar refractivity (Wildman–Crippen MR) is 116 cm³/mol. The average Bonchev–Trinajstić information content (AvgIpc) is 3.40. The summed E-state index contributed by atoms with van der Waals surface area (Å²) in [5.41, 5.74) is 3.47. The summed E-state index contributed by atoms with van der Waals surface area (Å²) in [5, 5.41) is 15.5. The van der Waals surface area contributed by atoms with Gasteiger partial charge in [0.05, 0.1) is 0 Å². The predicted octanol–water partition coefficient (Wildman–Crippen LogP) is 5.95. The van der Waals surface area contributed by atoms with E-state index in [2.05, 4.69) is 55.2 Å². The fourth-order valence-corrected chi connectivity index (χ4v) is 4.53. The van der Waals surface area contributed by atoms with Crippen molar-refractivity contribution in [1.82, 2.24) is 19.8 Å². The second kappa shape index (κ2) is 7.12. The Morgan fingerprint density at radius 1 is 1.00 bits per heavy atom.